The molecule has 27 heavy (non-hydrogen) atoms. The summed E-state index contributed by atoms with van der Waals surface area (Å²) in [6.07, 6.45) is 0. The van der Waals surface area contributed by atoms with Gasteiger partial charge in [0.2, 0.25) is 5.91 Å². The smallest absolute Gasteiger partial charge is 0.257 e. The monoisotopic (exact) mass is 368 g/mol. The molecule has 2 aliphatic heterocycles. The van der Waals surface area contributed by atoms with Crippen molar-refractivity contribution in [2.75, 3.05) is 50.0 Å². The van der Waals surface area contributed by atoms with Crippen LogP contribution in [0.15, 0.2) is 42.5 Å². The molecule has 0 atom stereocenters. The van der Waals surface area contributed by atoms with Gasteiger partial charge in [-0.2, -0.15) is 0 Å². The summed E-state index contributed by atoms with van der Waals surface area (Å²) in [4.78, 5) is 31.7. The molecule has 7 heteroatoms. The summed E-state index contributed by atoms with van der Waals surface area (Å²) in [6, 6.07) is 11.1. The molecule has 2 aromatic carbocycles. The number of benzene rings is 2. The number of rotatable bonds is 2. The maximum Gasteiger partial charge on any atom is 0.257 e. The third-order valence-corrected chi connectivity index (χ3v) is 5.04. The Morgan fingerprint density at radius 3 is 2.59 bits per heavy atom. The van der Waals surface area contributed by atoms with E-state index in [1.807, 2.05) is 6.07 Å². The summed E-state index contributed by atoms with van der Waals surface area (Å²) in [5.74, 6) is -1.08. The van der Waals surface area contributed by atoms with Crippen molar-refractivity contribution in [2.45, 2.75) is 0 Å². The Bertz CT molecular complexity index is 893. The SMILES string of the molecule is CN1CCN(CC(=O)N2c3ccccc3NC(=O)c3cc(F)ccc32)CC1. The molecule has 0 aliphatic carbocycles. The van der Waals surface area contributed by atoms with E-state index < -0.39 is 11.7 Å². The van der Waals surface area contributed by atoms with Gasteiger partial charge in [-0.15, -0.1) is 0 Å². The summed E-state index contributed by atoms with van der Waals surface area (Å²) in [6.45, 7) is 3.68. The number of hydrogen-bond donors (Lipinski definition) is 1. The maximum atomic E-state index is 13.8. The van der Waals surface area contributed by atoms with Gasteiger partial charge < -0.3 is 10.2 Å². The first kappa shape index (κ1) is 17.6. The number of anilines is 3. The Hall–Kier alpha value is -2.77. The first-order valence-corrected chi connectivity index (χ1v) is 8.97. The van der Waals surface area contributed by atoms with Crippen LogP contribution in [0.25, 0.3) is 0 Å². The van der Waals surface area contributed by atoms with Crippen molar-refractivity contribution < 1.29 is 14.0 Å². The number of piperazine rings is 1. The molecule has 4 rings (SSSR count). The normalized spacial score (nSPS) is 17.7. The molecule has 2 amide bonds. The van der Waals surface area contributed by atoms with Gasteiger partial charge in [0.1, 0.15) is 5.82 Å². The Morgan fingerprint density at radius 1 is 1.07 bits per heavy atom. The van der Waals surface area contributed by atoms with E-state index in [0.717, 1.165) is 26.2 Å². The van der Waals surface area contributed by atoms with E-state index in [4.69, 9.17) is 0 Å². The van der Waals surface area contributed by atoms with E-state index in [1.165, 1.54) is 23.1 Å². The number of fused-ring (bicyclic) bond motifs is 2. The summed E-state index contributed by atoms with van der Waals surface area (Å²) in [5, 5.41) is 2.78. The van der Waals surface area contributed by atoms with Crippen molar-refractivity contribution in [3.63, 3.8) is 0 Å². The highest BCUT2D eigenvalue weighted by molar-refractivity contribution is 6.17. The van der Waals surface area contributed by atoms with Crippen molar-refractivity contribution in [3.05, 3.63) is 53.8 Å². The van der Waals surface area contributed by atoms with Gasteiger partial charge in [0.05, 0.1) is 29.2 Å². The topological polar surface area (TPSA) is 55.9 Å². The van der Waals surface area contributed by atoms with Crippen LogP contribution in [-0.4, -0.2) is 61.4 Å². The second kappa shape index (κ2) is 7.09. The van der Waals surface area contributed by atoms with E-state index >= 15 is 0 Å². The zero-order valence-corrected chi connectivity index (χ0v) is 15.1. The lowest BCUT2D eigenvalue weighted by Gasteiger charge is -2.33. The van der Waals surface area contributed by atoms with Gasteiger partial charge in [-0.05, 0) is 37.4 Å². The van der Waals surface area contributed by atoms with Crippen LogP contribution in [0, 0.1) is 5.82 Å². The average molecular weight is 368 g/mol. The number of carbonyl (C=O) groups excluding carboxylic acids is 2. The van der Waals surface area contributed by atoms with E-state index in [-0.39, 0.29) is 18.0 Å². The number of halogens is 1. The van der Waals surface area contributed by atoms with Crippen molar-refractivity contribution >= 4 is 28.9 Å². The summed E-state index contributed by atoms with van der Waals surface area (Å²) < 4.78 is 13.8. The lowest BCUT2D eigenvalue weighted by Crippen LogP contribution is -2.48. The van der Waals surface area contributed by atoms with Crippen LogP contribution >= 0.6 is 0 Å². The predicted octanol–water partition coefficient (Wildman–Crippen LogP) is 2.30. The quantitative estimate of drug-likeness (QED) is 0.884. The lowest BCUT2D eigenvalue weighted by molar-refractivity contribution is -0.119. The largest absolute Gasteiger partial charge is 0.320 e. The van der Waals surface area contributed by atoms with E-state index in [1.54, 1.807) is 18.2 Å². The maximum absolute atomic E-state index is 13.8. The van der Waals surface area contributed by atoms with Gasteiger partial charge in [0, 0.05) is 26.2 Å². The summed E-state index contributed by atoms with van der Waals surface area (Å²) in [7, 11) is 2.06. The molecule has 1 saturated heterocycles. The zero-order valence-electron chi connectivity index (χ0n) is 15.1. The molecular weight excluding hydrogens is 347 g/mol. The lowest BCUT2D eigenvalue weighted by atomic mass is 10.1. The Kier molecular flexibility index (Phi) is 4.63. The minimum atomic E-state index is -0.513. The predicted molar refractivity (Wildman–Crippen MR) is 102 cm³/mol. The minimum absolute atomic E-state index is 0.142. The third-order valence-electron chi connectivity index (χ3n) is 5.04. The van der Waals surface area contributed by atoms with Crippen molar-refractivity contribution in [1.29, 1.82) is 0 Å². The van der Waals surface area contributed by atoms with Crippen LogP contribution in [-0.2, 0) is 4.79 Å². The fourth-order valence-electron chi connectivity index (χ4n) is 3.52. The van der Waals surface area contributed by atoms with Crippen LogP contribution in [0.1, 0.15) is 10.4 Å². The van der Waals surface area contributed by atoms with E-state index in [0.29, 0.717) is 17.1 Å². The van der Waals surface area contributed by atoms with Crippen LogP contribution in [0.4, 0.5) is 21.5 Å². The Morgan fingerprint density at radius 2 is 1.81 bits per heavy atom. The Balaban J connectivity index is 1.73. The number of likely N-dealkylation sites (N-methyl/N-ethyl adjacent to an activating group) is 1. The molecule has 2 aliphatic rings. The first-order chi connectivity index (χ1) is 13.0. The fraction of sp³-hybridized carbons (Fsp3) is 0.300. The number of amides is 2. The van der Waals surface area contributed by atoms with Gasteiger partial charge in [-0.1, -0.05) is 12.1 Å². The molecule has 0 spiro atoms. The molecular formula is C20H21FN4O2. The van der Waals surface area contributed by atoms with Crippen LogP contribution in [0.2, 0.25) is 0 Å². The summed E-state index contributed by atoms with van der Waals surface area (Å²) in [5.41, 5.74) is 1.68. The number of nitrogens with zero attached hydrogens (tertiary/aromatic N) is 3. The third kappa shape index (κ3) is 3.43. The molecule has 6 nitrogen and oxygen atoms in total. The van der Waals surface area contributed by atoms with E-state index in [2.05, 4.69) is 22.2 Å². The first-order valence-electron chi connectivity index (χ1n) is 8.97. The van der Waals surface area contributed by atoms with Gasteiger partial charge in [-0.3, -0.25) is 19.4 Å². The number of hydrogen-bond acceptors (Lipinski definition) is 4. The molecule has 1 N–H and O–H groups in total. The van der Waals surface area contributed by atoms with Crippen molar-refractivity contribution in [3.8, 4) is 0 Å². The highest BCUT2D eigenvalue weighted by Crippen LogP contribution is 2.38. The fourth-order valence-corrected chi connectivity index (χ4v) is 3.52. The molecule has 0 saturated carbocycles. The number of para-hydroxylation sites is 2. The standard InChI is InChI=1S/C20H21FN4O2/c1-23-8-10-24(11-9-23)13-19(26)25-17-7-6-14(21)12-15(17)20(27)22-16-4-2-3-5-18(16)25/h2-7,12H,8-11,13H2,1H3,(H,22,27). The highest BCUT2D eigenvalue weighted by atomic mass is 19.1. The molecule has 2 aromatic rings. The second-order valence-corrected chi connectivity index (χ2v) is 6.94. The molecule has 0 radical (unpaired) electrons. The van der Waals surface area contributed by atoms with Crippen molar-refractivity contribution in [2.24, 2.45) is 0 Å². The van der Waals surface area contributed by atoms with Gasteiger partial charge in [0.15, 0.2) is 0 Å². The Labute approximate surface area is 157 Å². The highest BCUT2D eigenvalue weighted by Gasteiger charge is 2.30. The molecule has 0 unspecified atom stereocenters. The van der Waals surface area contributed by atoms with Crippen LogP contribution in [0.5, 0.6) is 0 Å². The molecule has 140 valence electrons. The van der Waals surface area contributed by atoms with Crippen molar-refractivity contribution in [1.82, 2.24) is 9.80 Å². The number of nitrogens with one attached hydrogen (secondary N) is 1. The average Bonchev–Trinajstić information content (AvgIpc) is 2.77. The second-order valence-electron chi connectivity index (χ2n) is 6.94. The molecule has 0 aromatic heterocycles. The van der Waals surface area contributed by atoms with Gasteiger partial charge in [0.25, 0.3) is 5.91 Å². The van der Waals surface area contributed by atoms with Crippen LogP contribution in [0.3, 0.4) is 0 Å². The minimum Gasteiger partial charge on any atom is -0.320 e. The molecule has 1 fully saturated rings. The molecule has 0 bridgehead atoms. The summed E-state index contributed by atoms with van der Waals surface area (Å²) >= 11 is 0. The zero-order chi connectivity index (χ0) is 19.0. The number of carbonyl (C=O) groups is 2. The van der Waals surface area contributed by atoms with Crippen LogP contribution < -0.4 is 10.2 Å². The molecule has 2 heterocycles. The van der Waals surface area contributed by atoms with Gasteiger partial charge >= 0.3 is 0 Å². The van der Waals surface area contributed by atoms with Gasteiger partial charge in [-0.25, -0.2) is 4.39 Å². The van der Waals surface area contributed by atoms with E-state index in [9.17, 15) is 14.0 Å².